The number of nitrogens with zero attached hydrogens (tertiary/aromatic N) is 1. The Morgan fingerprint density at radius 3 is 2.56 bits per heavy atom. The van der Waals surface area contributed by atoms with Gasteiger partial charge in [-0.15, -0.1) is 0 Å². The quantitative estimate of drug-likeness (QED) is 0.675. The number of carbonyl (C=O) groups excluding carboxylic acids is 3. The molecule has 2 fully saturated rings. The van der Waals surface area contributed by atoms with Crippen molar-refractivity contribution in [2.45, 2.75) is 18.9 Å². The van der Waals surface area contributed by atoms with Gasteiger partial charge in [-0.2, -0.15) is 0 Å². The molecule has 5 amide bonds. The van der Waals surface area contributed by atoms with Crippen LogP contribution in [0.5, 0.6) is 5.75 Å². The molecule has 2 heterocycles. The largest absolute Gasteiger partial charge is 0.497 e. The molecule has 2 saturated heterocycles. The minimum Gasteiger partial charge on any atom is -0.497 e. The van der Waals surface area contributed by atoms with E-state index < -0.39 is 11.6 Å². The number of imide groups is 1. The van der Waals surface area contributed by atoms with Crippen LogP contribution in [0.25, 0.3) is 0 Å². The Morgan fingerprint density at radius 2 is 2.00 bits per heavy atom. The van der Waals surface area contributed by atoms with Crippen LogP contribution in [0.1, 0.15) is 12.5 Å². The van der Waals surface area contributed by atoms with Crippen molar-refractivity contribution in [2.24, 2.45) is 5.92 Å². The van der Waals surface area contributed by atoms with E-state index >= 15 is 0 Å². The maximum atomic E-state index is 12.1. The second-order valence-corrected chi connectivity index (χ2v) is 6.69. The van der Waals surface area contributed by atoms with E-state index in [1.54, 1.807) is 7.11 Å². The minimum atomic E-state index is -0.941. The van der Waals surface area contributed by atoms with Crippen molar-refractivity contribution in [3.05, 3.63) is 29.8 Å². The first-order valence-electron chi connectivity index (χ1n) is 8.21. The maximum Gasteiger partial charge on any atom is 0.322 e. The lowest BCUT2D eigenvalue weighted by atomic mass is 9.90. The van der Waals surface area contributed by atoms with Gasteiger partial charge in [0.05, 0.1) is 20.2 Å². The third-order valence-electron chi connectivity index (χ3n) is 4.57. The molecule has 1 atom stereocenters. The van der Waals surface area contributed by atoms with Gasteiger partial charge in [-0.3, -0.25) is 10.1 Å². The topological polar surface area (TPSA) is 99.8 Å². The lowest BCUT2D eigenvalue weighted by Gasteiger charge is -2.45. The van der Waals surface area contributed by atoms with E-state index in [0.717, 1.165) is 12.2 Å². The molecule has 3 rings (SSSR count). The van der Waals surface area contributed by atoms with Crippen molar-refractivity contribution in [2.75, 3.05) is 26.7 Å². The van der Waals surface area contributed by atoms with E-state index in [9.17, 15) is 14.4 Å². The van der Waals surface area contributed by atoms with Gasteiger partial charge in [0.1, 0.15) is 5.75 Å². The molecule has 0 aliphatic carbocycles. The van der Waals surface area contributed by atoms with Crippen LogP contribution < -0.4 is 20.7 Å². The molecule has 0 radical (unpaired) electrons. The number of carbonyl (C=O) groups is 3. The van der Waals surface area contributed by atoms with Crippen LogP contribution in [-0.2, 0) is 11.2 Å². The molecule has 0 aromatic heterocycles. The summed E-state index contributed by atoms with van der Waals surface area (Å²) in [6.07, 6.45) is 0.840. The summed E-state index contributed by atoms with van der Waals surface area (Å²) < 4.78 is 5.14. The Bertz CT molecular complexity index is 682. The van der Waals surface area contributed by atoms with Crippen LogP contribution in [0.15, 0.2) is 24.3 Å². The molecule has 1 spiro atoms. The lowest BCUT2D eigenvalue weighted by Crippen LogP contribution is -2.73. The second-order valence-electron chi connectivity index (χ2n) is 6.69. The first kappa shape index (κ1) is 17.1. The number of rotatable bonds is 5. The molecule has 1 unspecified atom stereocenters. The Balaban J connectivity index is 1.42. The average Bonchev–Trinajstić information content (AvgIpc) is 2.86. The van der Waals surface area contributed by atoms with E-state index in [-0.39, 0.29) is 30.9 Å². The van der Waals surface area contributed by atoms with E-state index in [2.05, 4.69) is 22.9 Å². The number of likely N-dealkylation sites (tertiary alicyclic amines) is 1. The highest BCUT2D eigenvalue weighted by Gasteiger charge is 2.56. The molecule has 8 heteroatoms. The maximum absolute atomic E-state index is 12.1. The summed E-state index contributed by atoms with van der Waals surface area (Å²) in [5, 5.41) is 7.65. The molecule has 0 bridgehead atoms. The van der Waals surface area contributed by atoms with Crippen LogP contribution in [0.2, 0.25) is 0 Å². The van der Waals surface area contributed by atoms with Crippen molar-refractivity contribution < 1.29 is 19.1 Å². The third-order valence-corrected chi connectivity index (χ3v) is 4.57. The second kappa shape index (κ2) is 6.62. The van der Waals surface area contributed by atoms with Crippen LogP contribution >= 0.6 is 0 Å². The summed E-state index contributed by atoms with van der Waals surface area (Å²) in [6, 6.07) is 7.14. The highest BCUT2D eigenvalue weighted by molar-refractivity contribution is 6.08. The van der Waals surface area contributed by atoms with Gasteiger partial charge in [0.2, 0.25) is 0 Å². The highest BCUT2D eigenvalue weighted by atomic mass is 16.5. The molecular formula is C17H22N4O4. The summed E-state index contributed by atoms with van der Waals surface area (Å²) in [6.45, 7) is 2.99. The van der Waals surface area contributed by atoms with Crippen molar-refractivity contribution >= 4 is 18.0 Å². The highest BCUT2D eigenvalue weighted by Crippen LogP contribution is 2.24. The molecule has 1 aromatic carbocycles. The number of hydrogen-bond donors (Lipinski definition) is 3. The fourth-order valence-corrected chi connectivity index (χ4v) is 3.11. The summed E-state index contributed by atoms with van der Waals surface area (Å²) in [4.78, 5) is 36.6. The number of urea groups is 2. The van der Waals surface area contributed by atoms with Crippen LogP contribution in [0, 0.1) is 5.92 Å². The molecule has 1 aromatic rings. The monoisotopic (exact) mass is 346 g/mol. The number of hydrogen-bond acceptors (Lipinski definition) is 4. The number of amides is 5. The van der Waals surface area contributed by atoms with Crippen molar-refractivity contribution in [3.63, 3.8) is 0 Å². The molecule has 25 heavy (non-hydrogen) atoms. The van der Waals surface area contributed by atoms with E-state index in [1.807, 2.05) is 24.3 Å². The molecule has 8 nitrogen and oxygen atoms in total. The van der Waals surface area contributed by atoms with Gasteiger partial charge in [-0.1, -0.05) is 19.1 Å². The number of methoxy groups -OCH3 is 1. The fraction of sp³-hybridized carbons (Fsp3) is 0.471. The van der Waals surface area contributed by atoms with Gasteiger partial charge < -0.3 is 20.3 Å². The molecular weight excluding hydrogens is 324 g/mol. The average molecular weight is 346 g/mol. The molecule has 2 aliphatic heterocycles. The van der Waals surface area contributed by atoms with Crippen LogP contribution in [0.3, 0.4) is 0 Å². The Kier molecular flexibility index (Phi) is 4.52. The molecule has 2 aliphatic rings. The Hall–Kier alpha value is -2.77. The van der Waals surface area contributed by atoms with Crippen LogP contribution in [-0.4, -0.2) is 55.2 Å². The van der Waals surface area contributed by atoms with Crippen molar-refractivity contribution in [1.82, 2.24) is 20.9 Å². The summed E-state index contributed by atoms with van der Waals surface area (Å²) in [7, 11) is 1.63. The molecule has 0 saturated carbocycles. The van der Waals surface area contributed by atoms with Crippen molar-refractivity contribution in [3.8, 4) is 5.75 Å². The Labute approximate surface area is 145 Å². The standard InChI is InChI=1S/C17H22N4O4/c1-11(7-12-3-5-13(25-2)6-4-12)8-18-16(24)21-9-17(10-21)14(22)19-15(23)20-17/h3-6,11H,7-10H2,1-2H3,(H,18,24)(H2,19,20,22,23). The number of ether oxygens (including phenoxy) is 1. The SMILES string of the molecule is COc1ccc(CC(C)CNC(=O)N2CC3(C2)NC(=O)NC3=O)cc1. The van der Waals surface area contributed by atoms with Gasteiger partial charge in [-0.05, 0) is 30.0 Å². The van der Waals surface area contributed by atoms with E-state index in [4.69, 9.17) is 4.74 Å². The smallest absolute Gasteiger partial charge is 0.322 e. The predicted molar refractivity (Wildman–Crippen MR) is 90.2 cm³/mol. The van der Waals surface area contributed by atoms with E-state index in [0.29, 0.717) is 6.54 Å². The summed E-state index contributed by atoms with van der Waals surface area (Å²) in [5.74, 6) is 0.718. The number of nitrogens with one attached hydrogen (secondary N) is 3. The first-order valence-corrected chi connectivity index (χ1v) is 8.21. The fourth-order valence-electron chi connectivity index (χ4n) is 3.11. The zero-order valence-electron chi connectivity index (χ0n) is 14.3. The van der Waals surface area contributed by atoms with Gasteiger partial charge in [0.25, 0.3) is 5.91 Å². The summed E-state index contributed by atoms with van der Waals surface area (Å²) in [5.41, 5.74) is 0.235. The third kappa shape index (κ3) is 3.52. The van der Waals surface area contributed by atoms with E-state index in [1.165, 1.54) is 10.5 Å². The van der Waals surface area contributed by atoms with Gasteiger partial charge in [0.15, 0.2) is 5.54 Å². The summed E-state index contributed by atoms with van der Waals surface area (Å²) >= 11 is 0. The number of benzene rings is 1. The zero-order chi connectivity index (χ0) is 18.0. The lowest BCUT2D eigenvalue weighted by molar-refractivity contribution is -0.128. The van der Waals surface area contributed by atoms with Gasteiger partial charge in [0, 0.05) is 6.54 Å². The van der Waals surface area contributed by atoms with Crippen LogP contribution in [0.4, 0.5) is 9.59 Å². The van der Waals surface area contributed by atoms with Gasteiger partial charge in [-0.25, -0.2) is 9.59 Å². The Morgan fingerprint density at radius 1 is 1.32 bits per heavy atom. The van der Waals surface area contributed by atoms with Crippen molar-refractivity contribution in [1.29, 1.82) is 0 Å². The zero-order valence-corrected chi connectivity index (χ0v) is 14.3. The minimum absolute atomic E-state index is 0.198. The normalized spacial score (nSPS) is 19.0. The first-order chi connectivity index (χ1) is 11.9. The predicted octanol–water partition coefficient (Wildman–Crippen LogP) is 0.477. The molecule has 134 valence electrons. The molecule has 3 N–H and O–H groups in total. The van der Waals surface area contributed by atoms with Gasteiger partial charge >= 0.3 is 12.1 Å².